The number of ether oxygens (including phenoxy) is 3. The van der Waals surface area contributed by atoms with Gasteiger partial charge in [-0.3, -0.25) is 19.2 Å². The Bertz CT molecular complexity index is 1350. The summed E-state index contributed by atoms with van der Waals surface area (Å²) in [5.41, 5.74) is 1.90. The number of carbonyl (C=O) groups excluding carboxylic acids is 1. The molecule has 1 fully saturated rings. The summed E-state index contributed by atoms with van der Waals surface area (Å²) in [6.45, 7) is 1.79. The first-order chi connectivity index (χ1) is 16.3. The Kier molecular flexibility index (Phi) is 6.54. The van der Waals surface area contributed by atoms with E-state index in [0.29, 0.717) is 39.1 Å². The summed E-state index contributed by atoms with van der Waals surface area (Å²) in [5.74, 6) is 1.02. The highest BCUT2D eigenvalue weighted by Gasteiger charge is 2.37. The van der Waals surface area contributed by atoms with Crippen molar-refractivity contribution in [2.75, 3.05) is 26.2 Å². The molecule has 0 unspecified atom stereocenters. The van der Waals surface area contributed by atoms with Gasteiger partial charge < -0.3 is 14.2 Å². The average molecular weight is 498 g/mol. The van der Waals surface area contributed by atoms with Crippen molar-refractivity contribution in [3.63, 3.8) is 0 Å². The van der Waals surface area contributed by atoms with E-state index in [4.69, 9.17) is 26.4 Å². The van der Waals surface area contributed by atoms with E-state index in [1.807, 2.05) is 30.3 Å². The number of thiocarbonyl (C=S) groups is 1. The smallest absolute Gasteiger partial charge is 0.296 e. The molecule has 1 aliphatic rings. The number of benzene rings is 2. The number of methoxy groups -OCH3 is 3. The van der Waals surface area contributed by atoms with E-state index in [-0.39, 0.29) is 21.5 Å². The van der Waals surface area contributed by atoms with E-state index in [1.54, 1.807) is 36.9 Å². The number of hydrogen-bond donors (Lipinski definition) is 0. The zero-order chi connectivity index (χ0) is 24.6. The van der Waals surface area contributed by atoms with Crippen LogP contribution in [0.1, 0.15) is 11.3 Å². The number of thioether (sulfide) groups is 1. The van der Waals surface area contributed by atoms with E-state index < -0.39 is 0 Å². The summed E-state index contributed by atoms with van der Waals surface area (Å²) < 4.78 is 19.7. The van der Waals surface area contributed by atoms with Crippen molar-refractivity contribution in [3.8, 4) is 22.9 Å². The highest BCUT2D eigenvalue weighted by Crippen LogP contribution is 2.41. The Morgan fingerprint density at radius 3 is 2.15 bits per heavy atom. The summed E-state index contributed by atoms with van der Waals surface area (Å²) in [6.07, 6.45) is 1.69. The van der Waals surface area contributed by atoms with Crippen LogP contribution in [0.2, 0.25) is 0 Å². The first-order valence-corrected chi connectivity index (χ1v) is 11.5. The fourth-order valence-corrected chi connectivity index (χ4v) is 5.08. The maximum atomic E-state index is 13.4. The molecular formula is C24H23N3O5S2. The zero-order valence-corrected chi connectivity index (χ0v) is 21.0. The Labute approximate surface area is 206 Å². The van der Waals surface area contributed by atoms with Gasteiger partial charge in [-0.2, -0.15) is 0 Å². The van der Waals surface area contributed by atoms with Gasteiger partial charge in [-0.05, 0) is 42.8 Å². The second kappa shape index (κ2) is 9.40. The lowest BCUT2D eigenvalue weighted by Gasteiger charge is -2.13. The van der Waals surface area contributed by atoms with Crippen molar-refractivity contribution in [3.05, 3.63) is 69.0 Å². The molecular weight excluding hydrogens is 474 g/mol. The normalized spacial score (nSPS) is 14.7. The van der Waals surface area contributed by atoms with Crippen molar-refractivity contribution in [2.45, 2.75) is 6.92 Å². The number of nitrogens with zero attached hydrogens (tertiary/aromatic N) is 3. The SMILES string of the molecule is COc1cc(/C=C2\SC(=S)N(c3c(C)n(C)n(-c4ccccc4)c3=O)C2=O)cc(OC)c1OC. The Balaban J connectivity index is 1.77. The molecule has 0 N–H and O–H groups in total. The van der Waals surface area contributed by atoms with Gasteiger partial charge in [0.15, 0.2) is 15.8 Å². The quantitative estimate of drug-likeness (QED) is 0.378. The molecule has 10 heteroatoms. The second-order valence-corrected chi connectivity index (χ2v) is 9.06. The van der Waals surface area contributed by atoms with Crippen molar-refractivity contribution in [1.29, 1.82) is 0 Å². The molecule has 2 aromatic carbocycles. The fourth-order valence-electron chi connectivity index (χ4n) is 3.81. The fraction of sp³-hybridized carbons (Fsp3) is 0.208. The molecule has 0 aliphatic carbocycles. The van der Waals surface area contributed by atoms with Gasteiger partial charge in [-0.25, -0.2) is 4.68 Å². The summed E-state index contributed by atoms with van der Waals surface area (Å²) >= 11 is 6.65. The van der Waals surface area contributed by atoms with Gasteiger partial charge in [0, 0.05) is 7.05 Å². The van der Waals surface area contributed by atoms with Crippen LogP contribution in [-0.4, -0.2) is 40.9 Å². The van der Waals surface area contributed by atoms with Crippen LogP contribution in [-0.2, 0) is 11.8 Å². The van der Waals surface area contributed by atoms with Gasteiger partial charge in [0.05, 0.1) is 37.6 Å². The predicted octanol–water partition coefficient (Wildman–Crippen LogP) is 3.92. The Morgan fingerprint density at radius 2 is 1.59 bits per heavy atom. The Morgan fingerprint density at radius 1 is 0.971 bits per heavy atom. The predicted molar refractivity (Wildman–Crippen MR) is 137 cm³/mol. The monoisotopic (exact) mass is 497 g/mol. The number of para-hydroxylation sites is 1. The van der Waals surface area contributed by atoms with Gasteiger partial charge >= 0.3 is 0 Å². The topological polar surface area (TPSA) is 74.9 Å². The average Bonchev–Trinajstić information content (AvgIpc) is 3.23. The standard InChI is InChI=1S/C24H23N3O5S2/c1-14-20(23(29)27(25(14)2)16-9-7-6-8-10-16)26-22(28)19(34-24(26)33)13-15-11-17(30-3)21(32-5)18(12-15)31-4/h6-13H,1-5H3/b19-13-. The molecule has 1 aliphatic heterocycles. The van der Waals surface area contributed by atoms with Crippen LogP contribution >= 0.6 is 24.0 Å². The molecule has 176 valence electrons. The van der Waals surface area contributed by atoms with Gasteiger partial charge in [0.25, 0.3) is 11.5 Å². The van der Waals surface area contributed by atoms with Crippen LogP contribution < -0.4 is 24.7 Å². The molecule has 8 nitrogen and oxygen atoms in total. The van der Waals surface area contributed by atoms with E-state index in [9.17, 15) is 9.59 Å². The highest BCUT2D eigenvalue weighted by molar-refractivity contribution is 8.27. The minimum absolute atomic E-state index is 0.238. The Hall–Kier alpha value is -3.50. The number of aromatic nitrogens is 2. The summed E-state index contributed by atoms with van der Waals surface area (Å²) in [5, 5.41) is 0. The van der Waals surface area contributed by atoms with Crippen molar-refractivity contribution < 1.29 is 19.0 Å². The largest absolute Gasteiger partial charge is 0.493 e. The molecule has 0 bridgehead atoms. The first kappa shape index (κ1) is 23.7. The maximum Gasteiger partial charge on any atom is 0.296 e. The van der Waals surface area contributed by atoms with Crippen molar-refractivity contribution >= 4 is 46.0 Å². The van der Waals surface area contributed by atoms with Crippen molar-refractivity contribution in [1.82, 2.24) is 9.36 Å². The zero-order valence-electron chi connectivity index (χ0n) is 19.3. The third-order valence-electron chi connectivity index (χ3n) is 5.53. The molecule has 0 spiro atoms. The molecule has 3 aromatic rings. The third kappa shape index (κ3) is 3.88. The van der Waals surface area contributed by atoms with Crippen molar-refractivity contribution in [2.24, 2.45) is 7.05 Å². The second-order valence-electron chi connectivity index (χ2n) is 7.39. The van der Waals surface area contributed by atoms with Crippen LogP contribution in [0.15, 0.2) is 52.2 Å². The lowest BCUT2D eigenvalue weighted by molar-refractivity contribution is -0.113. The molecule has 0 saturated carbocycles. The molecule has 0 atom stereocenters. The lowest BCUT2D eigenvalue weighted by Crippen LogP contribution is -2.33. The van der Waals surface area contributed by atoms with Gasteiger partial charge in [-0.1, -0.05) is 42.2 Å². The number of amides is 1. The highest BCUT2D eigenvalue weighted by atomic mass is 32.2. The van der Waals surface area contributed by atoms with E-state index in [0.717, 1.165) is 11.8 Å². The molecule has 1 amide bonds. The van der Waals surface area contributed by atoms with Crippen LogP contribution in [0.3, 0.4) is 0 Å². The lowest BCUT2D eigenvalue weighted by atomic mass is 10.1. The van der Waals surface area contributed by atoms with Crippen LogP contribution in [0, 0.1) is 6.92 Å². The van der Waals surface area contributed by atoms with Gasteiger partial charge in [-0.15, -0.1) is 0 Å². The molecule has 4 rings (SSSR count). The molecule has 0 radical (unpaired) electrons. The minimum atomic E-state index is -0.366. The minimum Gasteiger partial charge on any atom is -0.493 e. The molecule has 2 heterocycles. The number of carbonyl (C=O) groups is 1. The van der Waals surface area contributed by atoms with Gasteiger partial charge in [0.2, 0.25) is 5.75 Å². The van der Waals surface area contributed by atoms with Gasteiger partial charge in [0.1, 0.15) is 5.69 Å². The number of rotatable bonds is 6. The van der Waals surface area contributed by atoms with Crippen LogP contribution in [0.4, 0.5) is 5.69 Å². The maximum absolute atomic E-state index is 13.4. The first-order valence-electron chi connectivity index (χ1n) is 10.2. The van der Waals surface area contributed by atoms with E-state index >= 15 is 0 Å². The molecule has 1 aromatic heterocycles. The van der Waals surface area contributed by atoms with E-state index in [1.165, 1.54) is 30.9 Å². The number of anilines is 1. The molecule has 34 heavy (non-hydrogen) atoms. The summed E-state index contributed by atoms with van der Waals surface area (Å²) in [4.78, 5) is 28.5. The van der Waals surface area contributed by atoms with E-state index in [2.05, 4.69) is 0 Å². The molecule has 1 saturated heterocycles. The third-order valence-corrected chi connectivity index (χ3v) is 6.83. The summed E-state index contributed by atoms with van der Waals surface area (Å²) in [7, 11) is 6.35. The van der Waals surface area contributed by atoms with Crippen LogP contribution in [0.5, 0.6) is 17.2 Å². The summed E-state index contributed by atoms with van der Waals surface area (Å²) in [6, 6.07) is 12.7. The number of hydrogen-bond acceptors (Lipinski definition) is 7. The van der Waals surface area contributed by atoms with Crippen LogP contribution in [0.25, 0.3) is 11.8 Å².